The van der Waals surface area contributed by atoms with E-state index in [1.54, 1.807) is 17.4 Å². The van der Waals surface area contributed by atoms with Gasteiger partial charge in [0.1, 0.15) is 10.8 Å². The molecule has 1 heterocycles. The van der Waals surface area contributed by atoms with Crippen molar-refractivity contribution in [2.45, 2.75) is 32.2 Å². The molecule has 1 aliphatic carbocycles. The first-order chi connectivity index (χ1) is 9.69. The Balaban J connectivity index is 1.97. The third-order valence-corrected chi connectivity index (χ3v) is 5.36. The Bertz CT molecular complexity index is 626. The third kappa shape index (κ3) is 2.67. The first-order valence-corrected chi connectivity index (χ1v) is 8.48. The molecule has 1 atom stereocenters. The number of rotatable bonds is 3. The first kappa shape index (κ1) is 14.2. The summed E-state index contributed by atoms with van der Waals surface area (Å²) in [7, 11) is 0. The van der Waals surface area contributed by atoms with Crippen LogP contribution in [0.1, 0.15) is 36.4 Å². The lowest BCUT2D eigenvalue weighted by molar-refractivity contribution is 0.465. The van der Waals surface area contributed by atoms with E-state index in [2.05, 4.69) is 28.2 Å². The van der Waals surface area contributed by atoms with Crippen LogP contribution in [-0.2, 0) is 6.42 Å². The van der Waals surface area contributed by atoms with E-state index in [1.807, 2.05) is 6.07 Å². The molecule has 20 heavy (non-hydrogen) atoms. The molecule has 2 nitrogen and oxygen atoms in total. The molecule has 1 aliphatic rings. The fourth-order valence-electron chi connectivity index (χ4n) is 2.62. The van der Waals surface area contributed by atoms with Crippen LogP contribution in [0.4, 0.5) is 4.39 Å². The van der Waals surface area contributed by atoms with Gasteiger partial charge >= 0.3 is 0 Å². The van der Waals surface area contributed by atoms with Crippen molar-refractivity contribution < 1.29 is 4.39 Å². The maximum Gasteiger partial charge on any atom is 0.137 e. The van der Waals surface area contributed by atoms with Gasteiger partial charge in [0, 0.05) is 10.4 Å². The number of benzene rings is 1. The van der Waals surface area contributed by atoms with E-state index in [4.69, 9.17) is 4.98 Å². The molecule has 0 amide bonds. The summed E-state index contributed by atoms with van der Waals surface area (Å²) in [5.41, 5.74) is 2.17. The van der Waals surface area contributed by atoms with E-state index >= 15 is 0 Å². The van der Waals surface area contributed by atoms with Crippen LogP contribution in [-0.4, -0.2) is 11.5 Å². The molecule has 1 aromatic carbocycles. The lowest BCUT2D eigenvalue weighted by Crippen LogP contribution is -2.24. The Morgan fingerprint density at radius 1 is 1.50 bits per heavy atom. The van der Waals surface area contributed by atoms with Crippen molar-refractivity contribution in [1.82, 2.24) is 10.3 Å². The van der Waals surface area contributed by atoms with Crippen molar-refractivity contribution in [1.29, 1.82) is 0 Å². The quantitative estimate of drug-likeness (QED) is 0.863. The van der Waals surface area contributed by atoms with Crippen LogP contribution in [0.15, 0.2) is 22.7 Å². The Hall–Kier alpha value is -0.780. The summed E-state index contributed by atoms with van der Waals surface area (Å²) in [5.74, 6) is -0.236. The van der Waals surface area contributed by atoms with Crippen LogP contribution in [0.2, 0.25) is 0 Å². The van der Waals surface area contributed by atoms with Gasteiger partial charge in [0.05, 0.1) is 16.2 Å². The standard InChI is InChI=1S/C15H16BrFN2S/c1-2-18-12-4-3-5-13-14(12)19-15(20-13)9-6-7-11(17)10(16)8-9/h6-8,12,18H,2-5H2,1H3. The number of thiazole rings is 1. The molecule has 0 fully saturated rings. The maximum absolute atomic E-state index is 13.3. The maximum atomic E-state index is 13.3. The Kier molecular flexibility index (Phi) is 4.19. The number of aromatic nitrogens is 1. The summed E-state index contributed by atoms with van der Waals surface area (Å²) in [4.78, 5) is 6.18. The summed E-state index contributed by atoms with van der Waals surface area (Å²) in [6.45, 7) is 3.08. The number of halogens is 2. The smallest absolute Gasteiger partial charge is 0.137 e. The molecular formula is C15H16BrFN2S. The van der Waals surface area contributed by atoms with Crippen molar-refractivity contribution in [2.75, 3.05) is 6.54 Å². The highest BCUT2D eigenvalue weighted by molar-refractivity contribution is 9.10. The van der Waals surface area contributed by atoms with Gasteiger partial charge in [-0.2, -0.15) is 0 Å². The second kappa shape index (κ2) is 5.92. The minimum absolute atomic E-state index is 0.236. The van der Waals surface area contributed by atoms with E-state index in [0.717, 1.165) is 30.0 Å². The number of fused-ring (bicyclic) bond motifs is 1. The van der Waals surface area contributed by atoms with E-state index in [1.165, 1.54) is 23.1 Å². The fourth-order valence-corrected chi connectivity index (χ4v) is 4.16. The van der Waals surface area contributed by atoms with E-state index in [0.29, 0.717) is 10.5 Å². The molecule has 5 heteroatoms. The summed E-state index contributed by atoms with van der Waals surface area (Å²) in [6.07, 6.45) is 3.47. The van der Waals surface area contributed by atoms with Crippen molar-refractivity contribution in [3.63, 3.8) is 0 Å². The van der Waals surface area contributed by atoms with Crippen LogP contribution in [0.25, 0.3) is 10.6 Å². The summed E-state index contributed by atoms with van der Waals surface area (Å²) in [5, 5.41) is 4.49. The molecule has 1 N–H and O–H groups in total. The number of hydrogen-bond acceptors (Lipinski definition) is 3. The lowest BCUT2D eigenvalue weighted by Gasteiger charge is -2.21. The molecule has 1 aromatic heterocycles. The molecule has 0 saturated carbocycles. The Labute approximate surface area is 130 Å². The van der Waals surface area contributed by atoms with Gasteiger partial charge in [0.15, 0.2) is 0 Å². The predicted molar refractivity (Wildman–Crippen MR) is 84.6 cm³/mol. The van der Waals surface area contributed by atoms with Crippen LogP contribution >= 0.6 is 27.3 Å². The van der Waals surface area contributed by atoms with Gasteiger partial charge in [-0.05, 0) is 59.9 Å². The van der Waals surface area contributed by atoms with E-state index < -0.39 is 0 Å². The fraction of sp³-hybridized carbons (Fsp3) is 0.400. The first-order valence-electron chi connectivity index (χ1n) is 6.87. The van der Waals surface area contributed by atoms with E-state index in [9.17, 15) is 4.39 Å². The minimum atomic E-state index is -0.236. The molecule has 0 saturated heterocycles. The molecule has 3 rings (SSSR count). The van der Waals surface area contributed by atoms with Crippen molar-refractivity contribution in [2.24, 2.45) is 0 Å². The van der Waals surface area contributed by atoms with Crippen LogP contribution < -0.4 is 5.32 Å². The molecule has 0 spiro atoms. The largest absolute Gasteiger partial charge is 0.309 e. The summed E-state index contributed by atoms with van der Waals surface area (Å²) >= 11 is 4.98. The van der Waals surface area contributed by atoms with Gasteiger partial charge in [-0.1, -0.05) is 6.92 Å². The highest BCUT2D eigenvalue weighted by Crippen LogP contribution is 2.37. The monoisotopic (exact) mass is 354 g/mol. The minimum Gasteiger partial charge on any atom is -0.309 e. The SMILES string of the molecule is CCNC1CCCc2sc(-c3ccc(F)c(Br)c3)nc21. The molecule has 2 aromatic rings. The van der Waals surface area contributed by atoms with Crippen LogP contribution in [0.5, 0.6) is 0 Å². The number of nitrogens with one attached hydrogen (secondary N) is 1. The van der Waals surface area contributed by atoms with Gasteiger partial charge in [-0.3, -0.25) is 0 Å². The molecular weight excluding hydrogens is 339 g/mol. The molecule has 1 unspecified atom stereocenters. The zero-order valence-corrected chi connectivity index (χ0v) is 13.7. The van der Waals surface area contributed by atoms with E-state index in [-0.39, 0.29) is 5.82 Å². The van der Waals surface area contributed by atoms with Gasteiger partial charge in [-0.25, -0.2) is 9.37 Å². The summed E-state index contributed by atoms with van der Waals surface area (Å²) in [6, 6.07) is 5.47. The van der Waals surface area contributed by atoms with Gasteiger partial charge < -0.3 is 5.32 Å². The molecule has 0 aliphatic heterocycles. The van der Waals surface area contributed by atoms with Crippen LogP contribution in [0.3, 0.4) is 0 Å². The van der Waals surface area contributed by atoms with Gasteiger partial charge in [0.25, 0.3) is 0 Å². The van der Waals surface area contributed by atoms with Gasteiger partial charge in [-0.15, -0.1) is 11.3 Å². The molecule has 106 valence electrons. The average molecular weight is 355 g/mol. The van der Waals surface area contributed by atoms with Crippen molar-refractivity contribution >= 4 is 27.3 Å². The molecule has 0 bridgehead atoms. The van der Waals surface area contributed by atoms with Crippen LogP contribution in [0, 0.1) is 5.82 Å². The lowest BCUT2D eigenvalue weighted by atomic mass is 9.98. The third-order valence-electron chi connectivity index (χ3n) is 3.57. The molecule has 0 radical (unpaired) electrons. The second-order valence-electron chi connectivity index (χ2n) is 4.96. The summed E-state index contributed by atoms with van der Waals surface area (Å²) < 4.78 is 13.8. The highest BCUT2D eigenvalue weighted by Gasteiger charge is 2.24. The zero-order chi connectivity index (χ0) is 14.1. The normalized spacial score (nSPS) is 18.1. The second-order valence-corrected chi connectivity index (χ2v) is 6.90. The highest BCUT2D eigenvalue weighted by atomic mass is 79.9. The number of aryl methyl sites for hydroxylation is 1. The Morgan fingerprint density at radius 3 is 3.10 bits per heavy atom. The topological polar surface area (TPSA) is 24.9 Å². The number of nitrogens with zero attached hydrogens (tertiary/aromatic N) is 1. The zero-order valence-electron chi connectivity index (χ0n) is 11.2. The van der Waals surface area contributed by atoms with Crippen molar-refractivity contribution in [3.05, 3.63) is 39.1 Å². The van der Waals surface area contributed by atoms with Crippen molar-refractivity contribution in [3.8, 4) is 10.6 Å². The average Bonchev–Trinajstić information content (AvgIpc) is 2.87. The number of hydrogen-bond donors (Lipinski definition) is 1. The predicted octanol–water partition coefficient (Wildman–Crippen LogP) is 4.70. The van der Waals surface area contributed by atoms with Gasteiger partial charge in [0.2, 0.25) is 0 Å². The Morgan fingerprint density at radius 2 is 2.35 bits per heavy atom.